The molecule has 0 amide bonds. The minimum absolute atomic E-state index is 0.248. The maximum Gasteiger partial charge on any atom is 0.149 e. The van der Waals surface area contributed by atoms with Crippen LogP contribution in [-0.4, -0.2) is 44.5 Å². The van der Waals surface area contributed by atoms with Crippen LogP contribution in [0.1, 0.15) is 89.9 Å². The number of unbranched alkanes of at least 4 members (excludes halogenated alkanes) is 7. The summed E-state index contributed by atoms with van der Waals surface area (Å²) in [5, 5.41) is 7.05. The Morgan fingerprint density at radius 1 is 0.839 bits per heavy atom. The highest BCUT2D eigenvalue weighted by Gasteiger charge is 2.34. The molecule has 4 atom stereocenters. The minimum Gasteiger partial charge on any atom is -0.330 e. The van der Waals surface area contributed by atoms with Gasteiger partial charge in [0, 0.05) is 6.42 Å². The van der Waals surface area contributed by atoms with Crippen molar-refractivity contribution in [2.75, 3.05) is 32.7 Å². The Morgan fingerprint density at radius 2 is 1.52 bits per heavy atom. The number of ketones is 1. The van der Waals surface area contributed by atoms with E-state index in [1.54, 1.807) is 0 Å². The van der Waals surface area contributed by atoms with Crippen molar-refractivity contribution < 1.29 is 4.79 Å². The highest BCUT2D eigenvalue weighted by Crippen LogP contribution is 2.42. The van der Waals surface area contributed by atoms with E-state index in [-0.39, 0.29) is 11.8 Å². The van der Waals surface area contributed by atoms with Crippen LogP contribution in [0.25, 0.3) is 0 Å². The number of allylic oxidation sites excluding steroid dienone is 2. The molecule has 2 bridgehead atoms. The van der Waals surface area contributed by atoms with Gasteiger partial charge in [0.2, 0.25) is 0 Å². The van der Waals surface area contributed by atoms with Gasteiger partial charge in [-0.2, -0.15) is 0 Å². The SMILES string of the molecule is NCCCNCCCCCCCCCC(=O)[C@@H](N)CCCCNCC1CC2C=CC1C2. The van der Waals surface area contributed by atoms with E-state index in [2.05, 4.69) is 22.8 Å². The zero-order valence-electron chi connectivity index (χ0n) is 20.0. The summed E-state index contributed by atoms with van der Waals surface area (Å²) >= 11 is 0. The second-order valence-corrected chi connectivity index (χ2v) is 9.93. The molecule has 5 nitrogen and oxygen atoms in total. The molecule has 180 valence electrons. The molecule has 0 aromatic carbocycles. The first-order valence-electron chi connectivity index (χ1n) is 13.3. The highest BCUT2D eigenvalue weighted by molar-refractivity contribution is 5.83. The van der Waals surface area contributed by atoms with Gasteiger partial charge in [0.05, 0.1) is 6.04 Å². The molecule has 5 heteroatoms. The van der Waals surface area contributed by atoms with E-state index >= 15 is 0 Å². The Hall–Kier alpha value is -0.750. The second-order valence-electron chi connectivity index (χ2n) is 9.93. The van der Waals surface area contributed by atoms with E-state index in [0.29, 0.717) is 6.42 Å². The van der Waals surface area contributed by atoms with E-state index in [1.807, 2.05) is 0 Å². The van der Waals surface area contributed by atoms with E-state index in [9.17, 15) is 4.79 Å². The lowest BCUT2D eigenvalue weighted by atomic mass is 9.93. The fraction of sp³-hybridized carbons (Fsp3) is 0.885. The van der Waals surface area contributed by atoms with Gasteiger partial charge in [0.1, 0.15) is 5.78 Å². The smallest absolute Gasteiger partial charge is 0.149 e. The maximum atomic E-state index is 12.2. The fourth-order valence-electron chi connectivity index (χ4n) is 5.16. The number of Topliss-reactive ketones (excluding diaryl/α,β-unsaturated/α-hetero) is 1. The Balaban J connectivity index is 1.31. The van der Waals surface area contributed by atoms with Crippen molar-refractivity contribution in [1.82, 2.24) is 10.6 Å². The zero-order valence-corrected chi connectivity index (χ0v) is 20.0. The first-order chi connectivity index (χ1) is 15.2. The van der Waals surface area contributed by atoms with Crippen molar-refractivity contribution in [3.8, 4) is 0 Å². The van der Waals surface area contributed by atoms with Crippen LogP contribution in [0.3, 0.4) is 0 Å². The third-order valence-electron chi connectivity index (χ3n) is 7.19. The van der Waals surface area contributed by atoms with Gasteiger partial charge in [-0.15, -0.1) is 0 Å². The van der Waals surface area contributed by atoms with Gasteiger partial charge in [0.15, 0.2) is 0 Å². The molecule has 0 spiro atoms. The standard InChI is InChI=1S/C26H50N4O/c27-15-10-18-29-16-8-5-3-1-2-4-6-12-26(31)25(28)11-7-9-17-30-21-24-20-22-13-14-23(24)19-22/h13-14,22-25,29-30H,1-12,15-21,27-28H2/t22?,23?,24?,25-/m0/s1. The van der Waals surface area contributed by atoms with Gasteiger partial charge in [-0.1, -0.05) is 50.7 Å². The number of nitrogens with one attached hydrogen (secondary N) is 2. The van der Waals surface area contributed by atoms with E-state index in [4.69, 9.17) is 11.5 Å². The Labute approximate surface area is 191 Å². The van der Waals surface area contributed by atoms with Crippen LogP contribution in [0.5, 0.6) is 0 Å². The predicted octanol–water partition coefficient (Wildman–Crippen LogP) is 3.91. The van der Waals surface area contributed by atoms with Gasteiger partial charge in [-0.25, -0.2) is 0 Å². The van der Waals surface area contributed by atoms with E-state index in [1.165, 1.54) is 44.9 Å². The Kier molecular flexibility index (Phi) is 14.4. The summed E-state index contributed by atoms with van der Waals surface area (Å²) < 4.78 is 0. The summed E-state index contributed by atoms with van der Waals surface area (Å²) in [6, 6.07) is -0.248. The molecule has 0 radical (unpaired) electrons. The first kappa shape index (κ1) is 26.5. The summed E-state index contributed by atoms with van der Waals surface area (Å²) in [6.45, 7) is 5.14. The van der Waals surface area contributed by atoms with Crippen LogP contribution in [0.2, 0.25) is 0 Å². The predicted molar refractivity (Wildman–Crippen MR) is 132 cm³/mol. The molecule has 0 aromatic rings. The number of hydrogen-bond donors (Lipinski definition) is 4. The van der Waals surface area contributed by atoms with Gasteiger partial charge in [0.25, 0.3) is 0 Å². The van der Waals surface area contributed by atoms with Crippen molar-refractivity contribution in [3.05, 3.63) is 12.2 Å². The molecule has 3 unspecified atom stereocenters. The van der Waals surface area contributed by atoms with Gasteiger partial charge < -0.3 is 22.1 Å². The summed E-state index contributed by atoms with van der Waals surface area (Å²) in [5.41, 5.74) is 11.6. The number of carbonyl (C=O) groups is 1. The van der Waals surface area contributed by atoms with Crippen LogP contribution in [0, 0.1) is 17.8 Å². The second kappa shape index (κ2) is 16.8. The molecular formula is C26H50N4O. The van der Waals surface area contributed by atoms with Crippen molar-refractivity contribution in [2.24, 2.45) is 29.2 Å². The zero-order chi connectivity index (χ0) is 22.2. The molecule has 1 fully saturated rings. The lowest BCUT2D eigenvalue weighted by molar-refractivity contribution is -0.120. The van der Waals surface area contributed by atoms with Crippen molar-refractivity contribution in [3.63, 3.8) is 0 Å². The molecule has 0 saturated heterocycles. The average Bonchev–Trinajstić information content (AvgIpc) is 3.40. The molecule has 31 heavy (non-hydrogen) atoms. The summed E-state index contributed by atoms with van der Waals surface area (Å²) in [7, 11) is 0. The molecular weight excluding hydrogens is 384 g/mol. The number of nitrogens with two attached hydrogens (primary N) is 2. The van der Waals surface area contributed by atoms with Crippen LogP contribution >= 0.6 is 0 Å². The van der Waals surface area contributed by atoms with Crippen molar-refractivity contribution >= 4 is 5.78 Å². The minimum atomic E-state index is -0.248. The number of carbonyl (C=O) groups excluding carboxylic acids is 1. The summed E-state index contributed by atoms with van der Waals surface area (Å²) in [5.74, 6) is 2.81. The van der Waals surface area contributed by atoms with E-state index < -0.39 is 0 Å². The van der Waals surface area contributed by atoms with Crippen LogP contribution in [0.4, 0.5) is 0 Å². The Morgan fingerprint density at radius 3 is 2.23 bits per heavy atom. The number of fused-ring (bicyclic) bond motifs is 2. The fourth-order valence-corrected chi connectivity index (χ4v) is 5.16. The summed E-state index contributed by atoms with van der Waals surface area (Å²) in [4.78, 5) is 12.2. The lowest BCUT2D eigenvalue weighted by Gasteiger charge is -2.18. The molecule has 0 heterocycles. The topological polar surface area (TPSA) is 93.2 Å². The third-order valence-corrected chi connectivity index (χ3v) is 7.19. The van der Waals surface area contributed by atoms with Gasteiger partial charge in [-0.3, -0.25) is 4.79 Å². The largest absolute Gasteiger partial charge is 0.330 e. The number of hydrogen-bond acceptors (Lipinski definition) is 5. The quantitative estimate of drug-likeness (QED) is 0.162. The molecule has 2 aliphatic carbocycles. The maximum absolute atomic E-state index is 12.2. The van der Waals surface area contributed by atoms with Crippen molar-refractivity contribution in [2.45, 2.75) is 95.9 Å². The Bertz CT molecular complexity index is 496. The molecule has 2 aliphatic rings. The third kappa shape index (κ3) is 11.6. The molecule has 0 aromatic heterocycles. The van der Waals surface area contributed by atoms with Crippen LogP contribution in [-0.2, 0) is 4.79 Å². The first-order valence-corrected chi connectivity index (χ1v) is 13.3. The monoisotopic (exact) mass is 434 g/mol. The van der Waals surface area contributed by atoms with Crippen molar-refractivity contribution in [1.29, 1.82) is 0 Å². The number of rotatable bonds is 21. The molecule has 0 aliphatic heterocycles. The van der Waals surface area contributed by atoms with Crippen LogP contribution in [0.15, 0.2) is 12.2 Å². The summed E-state index contributed by atoms with van der Waals surface area (Å²) in [6.07, 6.45) is 20.9. The average molecular weight is 435 g/mol. The highest BCUT2D eigenvalue weighted by atomic mass is 16.1. The van der Waals surface area contributed by atoms with Gasteiger partial charge >= 0.3 is 0 Å². The molecule has 1 saturated carbocycles. The van der Waals surface area contributed by atoms with Crippen LogP contribution < -0.4 is 22.1 Å². The lowest BCUT2D eigenvalue weighted by Crippen LogP contribution is -2.30. The molecule has 6 N–H and O–H groups in total. The van der Waals surface area contributed by atoms with E-state index in [0.717, 1.165) is 89.0 Å². The van der Waals surface area contributed by atoms with Gasteiger partial charge in [-0.05, 0) is 95.4 Å². The normalized spacial score (nSPS) is 23.0. The molecule has 2 rings (SSSR count).